The molecular formula is C22H35ClN4O. The normalized spacial score (nSPS) is 20.6. The minimum atomic E-state index is 0.119. The predicted molar refractivity (Wildman–Crippen MR) is 116 cm³/mol. The molecule has 0 aromatic heterocycles. The van der Waals surface area contributed by atoms with E-state index in [1.807, 2.05) is 18.2 Å². The average molecular weight is 407 g/mol. The van der Waals surface area contributed by atoms with E-state index in [0.29, 0.717) is 19.0 Å². The van der Waals surface area contributed by atoms with E-state index in [-0.39, 0.29) is 11.9 Å². The van der Waals surface area contributed by atoms with E-state index in [4.69, 9.17) is 11.6 Å². The quantitative estimate of drug-likeness (QED) is 0.720. The second-order valence-corrected chi connectivity index (χ2v) is 8.96. The topological polar surface area (TPSA) is 38.8 Å². The second-order valence-electron chi connectivity index (χ2n) is 8.56. The Kier molecular flexibility index (Phi) is 8.15. The number of likely N-dealkylation sites (tertiary alicyclic amines) is 1. The van der Waals surface area contributed by atoms with Crippen LogP contribution in [0.25, 0.3) is 0 Å². The molecule has 156 valence electrons. The van der Waals surface area contributed by atoms with Gasteiger partial charge in [0, 0.05) is 44.3 Å². The lowest BCUT2D eigenvalue weighted by atomic mass is 10.1. The van der Waals surface area contributed by atoms with Gasteiger partial charge in [-0.25, -0.2) is 0 Å². The Bertz CT molecular complexity index is 625. The molecule has 6 heteroatoms. The molecule has 0 aliphatic carbocycles. The number of piperazine rings is 1. The summed E-state index contributed by atoms with van der Waals surface area (Å²) in [6.45, 7) is 13.0. The van der Waals surface area contributed by atoms with Gasteiger partial charge in [-0.15, -0.1) is 0 Å². The van der Waals surface area contributed by atoms with Gasteiger partial charge in [-0.05, 0) is 43.5 Å². The maximum absolute atomic E-state index is 12.6. The van der Waals surface area contributed by atoms with Crippen molar-refractivity contribution in [1.82, 2.24) is 20.0 Å². The van der Waals surface area contributed by atoms with Gasteiger partial charge in [0.25, 0.3) is 0 Å². The summed E-state index contributed by atoms with van der Waals surface area (Å²) < 4.78 is 0. The van der Waals surface area contributed by atoms with Gasteiger partial charge in [0.05, 0.1) is 12.6 Å². The summed E-state index contributed by atoms with van der Waals surface area (Å²) in [4.78, 5) is 19.8. The third kappa shape index (κ3) is 6.18. The number of halogens is 1. The van der Waals surface area contributed by atoms with E-state index < -0.39 is 0 Å². The van der Waals surface area contributed by atoms with Gasteiger partial charge < -0.3 is 10.2 Å². The molecule has 5 nitrogen and oxygen atoms in total. The van der Waals surface area contributed by atoms with Crippen LogP contribution in [0.5, 0.6) is 0 Å². The van der Waals surface area contributed by atoms with Crippen LogP contribution in [0.3, 0.4) is 0 Å². The minimum absolute atomic E-state index is 0.119. The Hall–Kier alpha value is -1.14. The predicted octanol–water partition coefficient (Wildman–Crippen LogP) is 2.87. The smallest absolute Gasteiger partial charge is 0.234 e. The van der Waals surface area contributed by atoms with Crippen molar-refractivity contribution in [3.8, 4) is 0 Å². The molecule has 2 fully saturated rings. The monoisotopic (exact) mass is 406 g/mol. The molecular weight excluding hydrogens is 372 g/mol. The summed E-state index contributed by atoms with van der Waals surface area (Å²) in [7, 11) is 0. The van der Waals surface area contributed by atoms with Crippen LogP contribution in [0, 0.1) is 5.92 Å². The molecule has 1 amide bonds. The molecule has 1 N–H and O–H groups in total. The van der Waals surface area contributed by atoms with Gasteiger partial charge in [0.1, 0.15) is 0 Å². The third-order valence-electron chi connectivity index (χ3n) is 5.79. The van der Waals surface area contributed by atoms with Crippen LogP contribution in [0.15, 0.2) is 24.3 Å². The van der Waals surface area contributed by atoms with Gasteiger partial charge in [-0.2, -0.15) is 0 Å². The van der Waals surface area contributed by atoms with Crippen LogP contribution in [0.2, 0.25) is 5.02 Å². The van der Waals surface area contributed by atoms with Gasteiger partial charge in [0.2, 0.25) is 5.91 Å². The van der Waals surface area contributed by atoms with Gasteiger partial charge in [-0.3, -0.25) is 14.6 Å². The van der Waals surface area contributed by atoms with Crippen molar-refractivity contribution in [3.63, 3.8) is 0 Å². The first-order chi connectivity index (χ1) is 13.5. The zero-order chi connectivity index (χ0) is 19.9. The third-order valence-corrected chi connectivity index (χ3v) is 6.14. The van der Waals surface area contributed by atoms with Crippen molar-refractivity contribution in [2.75, 3.05) is 58.9 Å². The number of benzene rings is 1. The van der Waals surface area contributed by atoms with Crippen LogP contribution < -0.4 is 5.32 Å². The van der Waals surface area contributed by atoms with Crippen LogP contribution in [-0.4, -0.2) is 79.5 Å². The molecule has 2 saturated heterocycles. The summed E-state index contributed by atoms with van der Waals surface area (Å²) >= 11 is 6.47. The number of carbonyl (C=O) groups excluding carboxylic acids is 1. The Morgan fingerprint density at radius 2 is 1.68 bits per heavy atom. The lowest BCUT2D eigenvalue weighted by molar-refractivity contribution is -0.122. The Balaban J connectivity index is 1.49. The highest BCUT2D eigenvalue weighted by Crippen LogP contribution is 2.29. The number of carbonyl (C=O) groups is 1. The lowest BCUT2D eigenvalue weighted by Crippen LogP contribution is -2.50. The van der Waals surface area contributed by atoms with Crippen LogP contribution in [-0.2, 0) is 4.79 Å². The zero-order valence-electron chi connectivity index (χ0n) is 17.4. The highest BCUT2D eigenvalue weighted by atomic mass is 35.5. The molecule has 1 atom stereocenters. The average Bonchev–Trinajstić information content (AvgIpc) is 3.19. The highest BCUT2D eigenvalue weighted by molar-refractivity contribution is 6.31. The molecule has 1 unspecified atom stereocenters. The Morgan fingerprint density at radius 1 is 1.04 bits per heavy atom. The molecule has 0 radical (unpaired) electrons. The Morgan fingerprint density at radius 3 is 2.32 bits per heavy atom. The first kappa shape index (κ1) is 21.6. The molecule has 0 spiro atoms. The first-order valence-corrected chi connectivity index (χ1v) is 11.1. The molecule has 2 aliphatic rings. The summed E-state index contributed by atoms with van der Waals surface area (Å²) in [6, 6.07) is 8.18. The van der Waals surface area contributed by atoms with E-state index in [1.54, 1.807) is 0 Å². The molecule has 1 aromatic carbocycles. The standard InChI is InChI=1S/C22H35ClN4O/c1-18(2)16-25-11-13-26(14-12-25)17-22(28)24-15-21(27-9-5-6-10-27)19-7-3-4-8-20(19)23/h3-4,7-8,18,21H,5-6,9-17H2,1-2H3,(H,24,28). The van der Waals surface area contributed by atoms with Crippen molar-refractivity contribution in [2.24, 2.45) is 5.92 Å². The summed E-state index contributed by atoms with van der Waals surface area (Å²) in [5, 5.41) is 3.97. The van der Waals surface area contributed by atoms with Crippen molar-refractivity contribution >= 4 is 17.5 Å². The molecule has 3 rings (SSSR count). The van der Waals surface area contributed by atoms with Gasteiger partial charge in [0.15, 0.2) is 0 Å². The maximum atomic E-state index is 12.6. The van der Waals surface area contributed by atoms with Crippen molar-refractivity contribution in [3.05, 3.63) is 34.9 Å². The van der Waals surface area contributed by atoms with E-state index in [0.717, 1.165) is 56.4 Å². The number of nitrogens with zero attached hydrogens (tertiary/aromatic N) is 3. The first-order valence-electron chi connectivity index (χ1n) is 10.7. The van der Waals surface area contributed by atoms with E-state index in [2.05, 4.69) is 39.9 Å². The van der Waals surface area contributed by atoms with Crippen LogP contribution in [0.1, 0.15) is 38.3 Å². The number of hydrogen-bond acceptors (Lipinski definition) is 4. The van der Waals surface area contributed by atoms with Gasteiger partial charge in [-0.1, -0.05) is 43.6 Å². The fourth-order valence-corrected chi connectivity index (χ4v) is 4.61. The Labute approximate surface area is 175 Å². The number of rotatable bonds is 8. The highest BCUT2D eigenvalue weighted by Gasteiger charge is 2.26. The number of nitrogens with one attached hydrogen (secondary N) is 1. The number of amides is 1. The summed E-state index contributed by atoms with van der Waals surface area (Å²) in [5.41, 5.74) is 1.12. The van der Waals surface area contributed by atoms with Crippen LogP contribution in [0.4, 0.5) is 0 Å². The van der Waals surface area contributed by atoms with Crippen LogP contribution >= 0.6 is 11.6 Å². The lowest BCUT2D eigenvalue weighted by Gasteiger charge is -2.35. The van der Waals surface area contributed by atoms with Crippen molar-refractivity contribution in [1.29, 1.82) is 0 Å². The largest absolute Gasteiger partial charge is 0.353 e. The molecule has 0 saturated carbocycles. The maximum Gasteiger partial charge on any atom is 0.234 e. The zero-order valence-corrected chi connectivity index (χ0v) is 18.1. The molecule has 2 heterocycles. The van der Waals surface area contributed by atoms with E-state index >= 15 is 0 Å². The molecule has 1 aromatic rings. The van der Waals surface area contributed by atoms with Gasteiger partial charge >= 0.3 is 0 Å². The second kappa shape index (κ2) is 10.6. The molecule has 0 bridgehead atoms. The minimum Gasteiger partial charge on any atom is -0.353 e. The number of hydrogen-bond donors (Lipinski definition) is 1. The molecule has 2 aliphatic heterocycles. The van der Waals surface area contributed by atoms with Crippen molar-refractivity contribution < 1.29 is 4.79 Å². The van der Waals surface area contributed by atoms with Crippen molar-refractivity contribution in [2.45, 2.75) is 32.7 Å². The molecule has 28 heavy (non-hydrogen) atoms. The summed E-state index contributed by atoms with van der Waals surface area (Å²) in [5.74, 6) is 0.816. The fourth-order valence-electron chi connectivity index (χ4n) is 4.35. The van der Waals surface area contributed by atoms with E-state index in [9.17, 15) is 4.79 Å². The van der Waals surface area contributed by atoms with E-state index in [1.165, 1.54) is 12.8 Å². The fraction of sp³-hybridized carbons (Fsp3) is 0.682. The summed E-state index contributed by atoms with van der Waals surface area (Å²) in [6.07, 6.45) is 2.44. The SMILES string of the molecule is CC(C)CN1CCN(CC(=O)NCC(c2ccccc2Cl)N2CCCC2)CC1.